The molecule has 0 spiro atoms. The van der Waals surface area contributed by atoms with Crippen molar-refractivity contribution < 1.29 is 9.32 Å². The van der Waals surface area contributed by atoms with E-state index in [9.17, 15) is 4.79 Å². The molecule has 112 valence electrons. The summed E-state index contributed by atoms with van der Waals surface area (Å²) in [6.45, 7) is 3.84. The first kappa shape index (κ1) is 13.1. The molecule has 22 heavy (non-hydrogen) atoms. The predicted octanol–water partition coefficient (Wildman–Crippen LogP) is 2.79. The van der Waals surface area contributed by atoms with Gasteiger partial charge in [-0.25, -0.2) is 4.98 Å². The monoisotopic (exact) mass is 296 g/mol. The molecule has 1 atom stereocenters. The molecular weight excluding hydrogens is 280 g/mol. The minimum Gasteiger partial charge on any atom is -0.361 e. The molecule has 4 rings (SSSR count). The van der Waals surface area contributed by atoms with E-state index >= 15 is 0 Å². The summed E-state index contributed by atoms with van der Waals surface area (Å²) in [5, 5.41) is 6.93. The number of carbonyl (C=O) groups is 1. The Morgan fingerprint density at radius 2 is 2.18 bits per heavy atom. The molecule has 1 fully saturated rings. The lowest BCUT2D eigenvalue weighted by Crippen LogP contribution is -2.19. The van der Waals surface area contributed by atoms with Crippen LogP contribution in [0.2, 0.25) is 0 Å². The molecule has 6 heteroatoms. The van der Waals surface area contributed by atoms with Crippen LogP contribution in [0, 0.1) is 13.8 Å². The third kappa shape index (κ3) is 1.99. The zero-order valence-corrected chi connectivity index (χ0v) is 12.4. The van der Waals surface area contributed by atoms with Gasteiger partial charge >= 0.3 is 0 Å². The standard InChI is InChI=1S/C16H16N4O2/c1-8-15(9(2)22-20-8)10-3-4-11-13(7-10)19-16(18-11)12-5-6-14(21)17-12/h3-4,7,12H,5-6H2,1-2H3,(H,17,21)(H,18,19)/t12-/m0/s1. The Bertz CT molecular complexity index is 858. The Hall–Kier alpha value is -2.63. The molecule has 6 nitrogen and oxygen atoms in total. The number of nitrogens with one attached hydrogen (secondary N) is 2. The first-order chi connectivity index (χ1) is 10.6. The summed E-state index contributed by atoms with van der Waals surface area (Å²) in [5.41, 5.74) is 4.79. The SMILES string of the molecule is Cc1noc(C)c1-c1ccc2nc([C@@H]3CCC(=O)N3)[nH]c2c1. The van der Waals surface area contributed by atoms with Crippen LogP contribution in [0.1, 0.15) is 36.2 Å². The van der Waals surface area contributed by atoms with Gasteiger partial charge in [0.2, 0.25) is 5.91 Å². The average Bonchev–Trinajstić information content (AvgIpc) is 3.17. The summed E-state index contributed by atoms with van der Waals surface area (Å²) >= 11 is 0. The van der Waals surface area contributed by atoms with E-state index in [1.165, 1.54) is 0 Å². The number of nitrogens with zero attached hydrogens (tertiary/aromatic N) is 2. The molecule has 1 amide bonds. The van der Waals surface area contributed by atoms with Gasteiger partial charge in [-0.3, -0.25) is 4.79 Å². The predicted molar refractivity (Wildman–Crippen MR) is 81.2 cm³/mol. The van der Waals surface area contributed by atoms with Crippen molar-refractivity contribution in [3.63, 3.8) is 0 Å². The molecule has 2 N–H and O–H groups in total. The van der Waals surface area contributed by atoms with Crippen molar-refractivity contribution in [2.75, 3.05) is 0 Å². The maximum absolute atomic E-state index is 11.4. The normalized spacial score (nSPS) is 18.1. The highest BCUT2D eigenvalue weighted by Crippen LogP contribution is 2.30. The number of fused-ring (bicyclic) bond motifs is 1. The largest absolute Gasteiger partial charge is 0.361 e. The quantitative estimate of drug-likeness (QED) is 0.761. The van der Waals surface area contributed by atoms with E-state index < -0.39 is 0 Å². The fourth-order valence-electron chi connectivity index (χ4n) is 3.06. The van der Waals surface area contributed by atoms with Gasteiger partial charge in [0, 0.05) is 12.0 Å². The highest BCUT2D eigenvalue weighted by atomic mass is 16.5. The maximum Gasteiger partial charge on any atom is 0.220 e. The number of carbonyl (C=O) groups excluding carboxylic acids is 1. The Morgan fingerprint density at radius 1 is 1.32 bits per heavy atom. The van der Waals surface area contributed by atoms with E-state index in [0.29, 0.717) is 6.42 Å². The van der Waals surface area contributed by atoms with Crippen LogP contribution >= 0.6 is 0 Å². The lowest BCUT2D eigenvalue weighted by molar-refractivity contribution is -0.119. The second kappa shape index (κ2) is 4.69. The second-order valence-electron chi connectivity index (χ2n) is 5.71. The van der Waals surface area contributed by atoms with Crippen LogP contribution < -0.4 is 5.32 Å². The van der Waals surface area contributed by atoms with E-state index in [4.69, 9.17) is 4.52 Å². The third-order valence-electron chi connectivity index (χ3n) is 4.15. The zero-order valence-electron chi connectivity index (χ0n) is 12.4. The van der Waals surface area contributed by atoms with Gasteiger partial charge in [-0.15, -0.1) is 0 Å². The molecule has 0 saturated carbocycles. The minimum absolute atomic E-state index is 0.0117. The molecule has 0 aliphatic carbocycles. The van der Waals surface area contributed by atoms with Crippen molar-refractivity contribution in [3.05, 3.63) is 35.5 Å². The fraction of sp³-hybridized carbons (Fsp3) is 0.312. The van der Waals surface area contributed by atoms with Crippen LogP contribution in [0.15, 0.2) is 22.7 Å². The van der Waals surface area contributed by atoms with Crippen molar-refractivity contribution in [2.45, 2.75) is 32.7 Å². The van der Waals surface area contributed by atoms with Gasteiger partial charge in [-0.1, -0.05) is 11.2 Å². The topological polar surface area (TPSA) is 83.8 Å². The number of aryl methyl sites for hydroxylation is 2. The van der Waals surface area contributed by atoms with Crippen LogP contribution in [0.4, 0.5) is 0 Å². The van der Waals surface area contributed by atoms with Gasteiger partial charge in [-0.2, -0.15) is 0 Å². The number of rotatable bonds is 2. The molecule has 0 radical (unpaired) electrons. The molecule has 1 aromatic carbocycles. The van der Waals surface area contributed by atoms with Crippen molar-refractivity contribution >= 4 is 16.9 Å². The Kier molecular flexibility index (Phi) is 2.79. The molecule has 3 heterocycles. The second-order valence-corrected chi connectivity index (χ2v) is 5.71. The van der Waals surface area contributed by atoms with Crippen molar-refractivity contribution in [1.82, 2.24) is 20.4 Å². The first-order valence-corrected chi connectivity index (χ1v) is 7.34. The number of benzene rings is 1. The Labute approximate surface area is 126 Å². The summed E-state index contributed by atoms with van der Waals surface area (Å²) in [4.78, 5) is 19.3. The number of hydrogen-bond acceptors (Lipinski definition) is 4. The molecule has 1 aliphatic rings. The third-order valence-corrected chi connectivity index (χ3v) is 4.15. The van der Waals surface area contributed by atoms with Gasteiger partial charge in [0.05, 0.1) is 22.8 Å². The van der Waals surface area contributed by atoms with Crippen molar-refractivity contribution in [3.8, 4) is 11.1 Å². The molecule has 1 aliphatic heterocycles. The number of amides is 1. The van der Waals surface area contributed by atoms with Crippen molar-refractivity contribution in [1.29, 1.82) is 0 Å². The smallest absolute Gasteiger partial charge is 0.220 e. The lowest BCUT2D eigenvalue weighted by Gasteiger charge is -2.04. The minimum atomic E-state index is -0.0117. The van der Waals surface area contributed by atoms with Gasteiger partial charge in [0.1, 0.15) is 11.6 Å². The number of hydrogen-bond donors (Lipinski definition) is 2. The summed E-state index contributed by atoms with van der Waals surface area (Å²) < 4.78 is 5.24. The van der Waals surface area contributed by atoms with Crippen molar-refractivity contribution in [2.24, 2.45) is 0 Å². The van der Waals surface area contributed by atoms with Crippen LogP contribution in [0.3, 0.4) is 0 Å². The highest BCUT2D eigenvalue weighted by molar-refractivity contribution is 5.83. The molecule has 1 saturated heterocycles. The first-order valence-electron chi connectivity index (χ1n) is 7.34. The van der Waals surface area contributed by atoms with Gasteiger partial charge < -0.3 is 14.8 Å². The molecule has 2 aromatic heterocycles. The van der Waals surface area contributed by atoms with Crippen LogP contribution in [0.25, 0.3) is 22.2 Å². The summed E-state index contributed by atoms with van der Waals surface area (Å²) in [6.07, 6.45) is 1.35. The zero-order chi connectivity index (χ0) is 15.3. The van der Waals surface area contributed by atoms with Gasteiger partial charge in [0.25, 0.3) is 0 Å². The average molecular weight is 296 g/mol. The molecule has 3 aromatic rings. The summed E-state index contributed by atoms with van der Waals surface area (Å²) in [5.74, 6) is 1.71. The summed E-state index contributed by atoms with van der Waals surface area (Å²) in [6, 6.07) is 6.04. The van der Waals surface area contributed by atoms with Crippen LogP contribution in [-0.4, -0.2) is 21.0 Å². The molecule has 0 bridgehead atoms. The number of imidazole rings is 1. The maximum atomic E-state index is 11.4. The van der Waals surface area contributed by atoms with Crippen LogP contribution in [0.5, 0.6) is 0 Å². The van der Waals surface area contributed by atoms with Gasteiger partial charge in [-0.05, 0) is 38.0 Å². The van der Waals surface area contributed by atoms with E-state index in [-0.39, 0.29) is 11.9 Å². The van der Waals surface area contributed by atoms with E-state index in [1.54, 1.807) is 0 Å². The van der Waals surface area contributed by atoms with E-state index in [2.05, 4.69) is 26.5 Å². The molecular formula is C16H16N4O2. The Morgan fingerprint density at radius 3 is 2.86 bits per heavy atom. The fourth-order valence-corrected chi connectivity index (χ4v) is 3.06. The molecule has 0 unspecified atom stereocenters. The highest BCUT2D eigenvalue weighted by Gasteiger charge is 2.25. The lowest BCUT2D eigenvalue weighted by atomic mass is 10.0. The Balaban J connectivity index is 1.77. The number of aromatic amines is 1. The number of H-pyrrole nitrogens is 1. The van der Waals surface area contributed by atoms with E-state index in [0.717, 1.165) is 45.9 Å². The van der Waals surface area contributed by atoms with Crippen LogP contribution in [-0.2, 0) is 4.79 Å². The summed E-state index contributed by atoms with van der Waals surface area (Å²) in [7, 11) is 0. The van der Waals surface area contributed by atoms with Gasteiger partial charge in [0.15, 0.2) is 0 Å². The van der Waals surface area contributed by atoms with E-state index in [1.807, 2.05) is 26.0 Å². The number of aromatic nitrogens is 3.